The Morgan fingerprint density at radius 2 is 1.02 bits per heavy atom. The van der Waals surface area contributed by atoms with Crippen molar-refractivity contribution in [3.8, 4) is 22.5 Å². The van der Waals surface area contributed by atoms with E-state index < -0.39 is 11.9 Å². The van der Waals surface area contributed by atoms with Gasteiger partial charge in [-0.25, -0.2) is 20.3 Å². The molecule has 0 amide bonds. The van der Waals surface area contributed by atoms with Crippen molar-refractivity contribution in [3.05, 3.63) is 200 Å². The van der Waals surface area contributed by atoms with Crippen molar-refractivity contribution in [2.24, 2.45) is 16.2 Å². The molecule has 8 rings (SSSR count). The van der Waals surface area contributed by atoms with Crippen LogP contribution in [0.25, 0.3) is 22.5 Å². The number of nitrogens with two attached hydrogens (primary N) is 1. The minimum atomic E-state index is -1.02. The normalized spacial score (nSPS) is 11.0. The van der Waals surface area contributed by atoms with Gasteiger partial charge in [0.1, 0.15) is 40.3 Å². The molecule has 7 aromatic rings. The predicted molar refractivity (Wildman–Crippen MR) is 315 cm³/mol. The molecule has 7 N–H and O–H groups in total. The number of halogens is 2. The molecule has 5 aromatic carbocycles. The summed E-state index contributed by atoms with van der Waals surface area (Å²) in [6, 6.07) is 37.8. The molecule has 0 spiro atoms. The molecule has 0 atom stereocenters. The number of ether oxygens (including phenoxy) is 2. The summed E-state index contributed by atoms with van der Waals surface area (Å²) in [7, 11) is 0. The van der Waals surface area contributed by atoms with Crippen LogP contribution in [-0.2, 0) is 14.3 Å². The first-order valence-electron chi connectivity index (χ1n) is 24.9. The summed E-state index contributed by atoms with van der Waals surface area (Å²) in [6.45, 7) is 21.7. The van der Waals surface area contributed by atoms with Gasteiger partial charge in [0, 0.05) is 47.1 Å². The number of aldehydes is 1. The number of oxime groups is 2. The van der Waals surface area contributed by atoms with Crippen LogP contribution in [0.2, 0.25) is 0 Å². The summed E-state index contributed by atoms with van der Waals surface area (Å²) in [5.41, 5.74) is 12.2. The minimum Gasteiger partial charge on any atom is -0.870 e. The Morgan fingerprint density at radius 3 is 1.40 bits per heavy atom. The first-order chi connectivity index (χ1) is 37.8. The fourth-order valence-electron chi connectivity index (χ4n) is 6.89. The Kier molecular flexibility index (Phi) is 39.1. The van der Waals surface area contributed by atoms with E-state index in [0.717, 1.165) is 69.6 Å². The molecule has 1 saturated heterocycles. The Hall–Kier alpha value is -7.86. The number of aromatic nitrogens is 2. The van der Waals surface area contributed by atoms with Crippen LogP contribution < -0.4 is 24.8 Å². The van der Waals surface area contributed by atoms with Gasteiger partial charge in [-0.1, -0.05) is 181 Å². The van der Waals surface area contributed by atoms with Gasteiger partial charge in [0.15, 0.2) is 5.17 Å². The second-order valence-corrected chi connectivity index (χ2v) is 17.7. The molecule has 436 valence electrons. The largest absolute Gasteiger partial charge is 1.00 e. The van der Waals surface area contributed by atoms with Crippen LogP contribution in [0.5, 0.6) is 0 Å². The molecule has 2 aromatic heterocycles. The summed E-state index contributed by atoms with van der Waals surface area (Å²) < 4.78 is 19.9. The number of hydrogen-bond donors (Lipinski definition) is 5. The van der Waals surface area contributed by atoms with Crippen LogP contribution in [0.4, 0.5) is 0 Å². The number of carbonyl (C=O) groups excluding carboxylic acids is 3. The molecule has 0 aliphatic carbocycles. The van der Waals surface area contributed by atoms with Gasteiger partial charge in [-0.2, -0.15) is 0 Å². The number of hydrogen-bond acceptors (Lipinski definition) is 18. The number of aryl methyl sites for hydroxylation is 7. The van der Waals surface area contributed by atoms with E-state index in [0.29, 0.717) is 41.7 Å². The molecule has 1 fully saturated rings. The van der Waals surface area contributed by atoms with Crippen LogP contribution in [-0.4, -0.2) is 103 Å². The maximum atomic E-state index is 11.9. The summed E-state index contributed by atoms with van der Waals surface area (Å²) in [6.07, 6.45) is 6.29. The van der Waals surface area contributed by atoms with Gasteiger partial charge in [-0.05, 0) is 87.6 Å². The number of likely N-dealkylation sites (tertiary alicyclic amines) is 1. The summed E-state index contributed by atoms with van der Waals surface area (Å²) >= 11 is 5.54. The molecular formula is C60H73Cl2LiN6O13. The Bertz CT molecular complexity index is 3030. The Morgan fingerprint density at radius 1 is 0.646 bits per heavy atom. The second-order valence-electron chi connectivity index (χ2n) is 17.4. The van der Waals surface area contributed by atoms with Crippen molar-refractivity contribution in [2.75, 3.05) is 26.3 Å². The van der Waals surface area contributed by atoms with Crippen molar-refractivity contribution in [3.63, 3.8) is 0 Å². The van der Waals surface area contributed by atoms with Gasteiger partial charge >= 0.3 is 36.8 Å². The number of allylic oxidation sites excluding steroid dienone is 1. The standard InChI is InChI=1S/C14H15NO3.C12H11NO3.C10H17NO2.C8H8ClNO.C8H9NO.C8H8O.ClH.Li.H3NO.H2O/c1-4-17-14(16)12-10(3)18-15-13(12)11-7-5-9(2)6-8-11;1-7-3-5-9(6-4-7)11-10(12(14)15)8(2)16-13-11;1-3-13-10(12)8-9(2)11-6-4-5-7-11;1-6-2-4-7(5-3-6)8(9)10-11;1-7-2-4-8(5-3-7)6-9-10;1-7-2-4-8(6-9)5-3-7;;;1-2;/h5-8H,4H2,1-3H3;3-6H,1-2H3,(H,14,15);8H,3-7H2,1-2H3;2-5,11H,1H3;2-6,10H,1H3;2-6H,1H3;1H;;2H,1H2;1H2/q;;;;;;;+1;;/p-1/b;;;10-8+;9-6-;;;;;. The fourth-order valence-corrected chi connectivity index (χ4v) is 7.01. The molecule has 0 saturated carbocycles. The number of esters is 2. The van der Waals surface area contributed by atoms with Crippen LogP contribution in [0.15, 0.2) is 152 Å². The maximum absolute atomic E-state index is 11.9. The molecule has 1 aliphatic rings. The van der Waals surface area contributed by atoms with Gasteiger partial charge < -0.3 is 49.6 Å². The minimum absolute atomic E-state index is 0. The topological polar surface area (TPSA) is 304 Å². The molecule has 1 aliphatic heterocycles. The average molecular weight is 1160 g/mol. The number of rotatable bonds is 11. The molecule has 22 heteroatoms. The van der Waals surface area contributed by atoms with E-state index in [-0.39, 0.29) is 53.4 Å². The quantitative estimate of drug-likeness (QED) is 0.0153. The summed E-state index contributed by atoms with van der Waals surface area (Å²) in [5, 5.41) is 45.6. The number of carboxylic acid groups (broad SMARTS) is 1. The number of carboxylic acids is 1. The number of benzene rings is 5. The molecule has 3 heterocycles. The first kappa shape index (κ1) is 76.2. The van der Waals surface area contributed by atoms with Crippen molar-refractivity contribution < 1.29 is 82.8 Å². The number of nitrogens with zero attached hydrogens (tertiary/aromatic N) is 5. The summed E-state index contributed by atoms with van der Waals surface area (Å²) in [5.74, 6) is 2.65. The molecule has 0 bridgehead atoms. The third-order valence-electron chi connectivity index (χ3n) is 11.2. The van der Waals surface area contributed by atoms with Crippen molar-refractivity contribution >= 4 is 59.6 Å². The van der Waals surface area contributed by atoms with E-state index in [1.165, 1.54) is 30.2 Å². The number of aromatic carboxylic acids is 1. The zero-order valence-electron chi connectivity index (χ0n) is 48.1. The SMILES string of the molecule is CCOC(=O)C=C(C)N1CCCC1.CCOC(=O)c1c(-c2ccc(C)cc2)noc1C.Cc1ccc(-c2noc(C)c2C(=O)O)cc1.Cc1ccc(/C(Cl)=N\O)cc1.Cc1ccc(/C=N\O)cc1.Cc1ccc(C=O)cc1.Cl.NO.[Li+].[OH-]. The molecule has 19 nitrogen and oxygen atoms in total. The monoisotopic (exact) mass is 1160 g/mol. The average Bonchev–Trinajstić information content (AvgIpc) is 4.23. The maximum Gasteiger partial charge on any atom is 1.00 e. The van der Waals surface area contributed by atoms with E-state index in [1.807, 2.05) is 158 Å². The van der Waals surface area contributed by atoms with E-state index >= 15 is 0 Å². The van der Waals surface area contributed by atoms with Crippen molar-refractivity contribution in [2.45, 2.75) is 82.1 Å². The van der Waals surface area contributed by atoms with Crippen LogP contribution in [0.1, 0.15) is 115 Å². The molecule has 0 unspecified atom stereocenters. The van der Waals surface area contributed by atoms with Gasteiger partial charge in [0.25, 0.3) is 0 Å². The predicted octanol–water partition coefficient (Wildman–Crippen LogP) is 9.90. The van der Waals surface area contributed by atoms with E-state index in [1.54, 1.807) is 39.0 Å². The van der Waals surface area contributed by atoms with Crippen LogP contribution in [0.3, 0.4) is 0 Å². The third-order valence-corrected chi connectivity index (χ3v) is 11.5. The Balaban J connectivity index is 0. The van der Waals surface area contributed by atoms with Crippen LogP contribution in [0, 0.1) is 48.5 Å². The van der Waals surface area contributed by atoms with E-state index in [4.69, 9.17) is 50.8 Å². The van der Waals surface area contributed by atoms with E-state index in [2.05, 4.69) is 31.4 Å². The number of carbonyl (C=O) groups is 4. The summed E-state index contributed by atoms with van der Waals surface area (Å²) in [4.78, 5) is 46.3. The molecule has 0 radical (unpaired) electrons. The fraction of sp³-hybridized carbons (Fsp3) is 0.267. The zero-order chi connectivity index (χ0) is 58.9. The molecular weight excluding hydrogens is 1090 g/mol. The Labute approximate surface area is 502 Å². The molecule has 82 heavy (non-hydrogen) atoms. The smallest absolute Gasteiger partial charge is 0.870 e. The van der Waals surface area contributed by atoms with Gasteiger partial charge in [-0.3, -0.25) is 4.79 Å². The van der Waals surface area contributed by atoms with Gasteiger partial charge in [-0.15, -0.1) is 12.4 Å². The van der Waals surface area contributed by atoms with Gasteiger partial charge in [0.2, 0.25) is 0 Å². The second kappa shape index (κ2) is 42.0. The first-order valence-corrected chi connectivity index (χ1v) is 25.3. The third kappa shape index (κ3) is 27.1. The van der Waals surface area contributed by atoms with E-state index in [9.17, 15) is 19.2 Å². The van der Waals surface area contributed by atoms with Gasteiger partial charge in [0.05, 0.1) is 19.4 Å². The van der Waals surface area contributed by atoms with Crippen molar-refractivity contribution in [1.29, 1.82) is 0 Å². The van der Waals surface area contributed by atoms with Crippen molar-refractivity contribution in [1.82, 2.24) is 15.2 Å². The zero-order valence-corrected chi connectivity index (χ0v) is 49.7. The van der Waals surface area contributed by atoms with Crippen LogP contribution >= 0.6 is 24.0 Å².